The maximum atomic E-state index is 6.12. The van der Waals surface area contributed by atoms with Crippen LogP contribution < -0.4 is 14.8 Å². The van der Waals surface area contributed by atoms with Crippen LogP contribution in [-0.4, -0.2) is 20.8 Å². The van der Waals surface area contributed by atoms with Gasteiger partial charge in [0, 0.05) is 11.6 Å². The summed E-state index contributed by atoms with van der Waals surface area (Å²) in [4.78, 5) is 0. The second-order valence-electron chi connectivity index (χ2n) is 5.10. The predicted molar refractivity (Wildman–Crippen MR) is 84.5 cm³/mol. The summed E-state index contributed by atoms with van der Waals surface area (Å²) >= 11 is 6.12. The zero-order valence-electron chi connectivity index (χ0n) is 12.2. The van der Waals surface area contributed by atoms with Gasteiger partial charge in [-0.3, -0.25) is 0 Å². The van der Waals surface area contributed by atoms with Gasteiger partial charge < -0.3 is 14.8 Å². The highest BCUT2D eigenvalue weighted by molar-refractivity contribution is 6.30. The molecule has 1 N–H and O–H groups in total. The smallest absolute Gasteiger partial charge is 0.161 e. The third kappa shape index (κ3) is 2.71. The number of hydrogen-bond donors (Lipinski definition) is 1. The molecule has 0 fully saturated rings. The molecule has 4 heteroatoms. The predicted octanol–water partition coefficient (Wildman–Crippen LogP) is 3.59. The van der Waals surface area contributed by atoms with E-state index in [0.717, 1.165) is 35.1 Å². The van der Waals surface area contributed by atoms with E-state index >= 15 is 0 Å². The molecule has 1 heterocycles. The summed E-state index contributed by atoms with van der Waals surface area (Å²) in [5, 5.41) is 4.30. The van der Waals surface area contributed by atoms with Crippen molar-refractivity contribution in [3.05, 3.63) is 58.1 Å². The van der Waals surface area contributed by atoms with Gasteiger partial charge in [0.25, 0.3) is 0 Å². The monoisotopic (exact) mass is 303 g/mol. The van der Waals surface area contributed by atoms with Crippen LogP contribution in [0.15, 0.2) is 36.4 Å². The lowest BCUT2D eigenvalue weighted by molar-refractivity contribution is 0.353. The number of hydrogen-bond acceptors (Lipinski definition) is 3. The standard InChI is InChI=1S/C17H18ClNO2/c1-20-15-9-11-6-7-19-17(14(11)10-16(15)21-2)12-4-3-5-13(18)8-12/h3-5,8-10,17,19H,6-7H2,1-2H3. The van der Waals surface area contributed by atoms with Crippen LogP contribution in [0.2, 0.25) is 5.02 Å². The van der Waals surface area contributed by atoms with E-state index in [2.05, 4.69) is 23.5 Å². The molecule has 1 aliphatic heterocycles. The lowest BCUT2D eigenvalue weighted by Crippen LogP contribution is -2.30. The molecule has 0 amide bonds. The van der Waals surface area contributed by atoms with E-state index in [0.29, 0.717) is 0 Å². The van der Waals surface area contributed by atoms with Crippen molar-refractivity contribution in [2.24, 2.45) is 0 Å². The zero-order valence-corrected chi connectivity index (χ0v) is 12.9. The van der Waals surface area contributed by atoms with Crippen molar-refractivity contribution in [2.45, 2.75) is 12.5 Å². The van der Waals surface area contributed by atoms with Gasteiger partial charge in [-0.25, -0.2) is 0 Å². The summed E-state index contributed by atoms with van der Waals surface area (Å²) in [6, 6.07) is 12.2. The Morgan fingerprint density at radius 1 is 1.10 bits per heavy atom. The van der Waals surface area contributed by atoms with Crippen LogP contribution in [0.25, 0.3) is 0 Å². The van der Waals surface area contributed by atoms with Crippen LogP contribution in [0.3, 0.4) is 0 Å². The van der Waals surface area contributed by atoms with Crippen molar-refractivity contribution in [3.8, 4) is 11.5 Å². The molecule has 0 bridgehead atoms. The minimum atomic E-state index is 0.132. The van der Waals surface area contributed by atoms with Crippen LogP contribution in [0, 0.1) is 0 Å². The van der Waals surface area contributed by atoms with Crippen molar-refractivity contribution in [1.29, 1.82) is 0 Å². The average molecular weight is 304 g/mol. The number of ether oxygens (including phenoxy) is 2. The summed E-state index contributed by atoms with van der Waals surface area (Å²) in [6.07, 6.45) is 0.979. The molecular weight excluding hydrogens is 286 g/mol. The Labute approximate surface area is 129 Å². The first-order valence-electron chi connectivity index (χ1n) is 6.96. The van der Waals surface area contributed by atoms with Gasteiger partial charge in [0.05, 0.1) is 20.3 Å². The molecule has 1 aliphatic rings. The Hall–Kier alpha value is -1.71. The molecule has 0 saturated heterocycles. The first-order chi connectivity index (χ1) is 10.2. The number of fused-ring (bicyclic) bond motifs is 1. The molecule has 0 aromatic heterocycles. The zero-order chi connectivity index (χ0) is 14.8. The maximum Gasteiger partial charge on any atom is 0.161 e. The largest absolute Gasteiger partial charge is 0.493 e. The number of nitrogens with one attached hydrogen (secondary N) is 1. The third-order valence-electron chi connectivity index (χ3n) is 3.88. The molecular formula is C17H18ClNO2. The van der Waals surface area contributed by atoms with Gasteiger partial charge in [-0.1, -0.05) is 23.7 Å². The molecule has 0 aliphatic carbocycles. The second kappa shape index (κ2) is 5.96. The van der Waals surface area contributed by atoms with Crippen LogP contribution in [0.5, 0.6) is 11.5 Å². The Morgan fingerprint density at radius 2 is 1.86 bits per heavy atom. The molecule has 1 atom stereocenters. The van der Waals surface area contributed by atoms with E-state index < -0.39 is 0 Å². The first kappa shape index (κ1) is 14.2. The van der Waals surface area contributed by atoms with Gasteiger partial charge in [0.15, 0.2) is 11.5 Å². The van der Waals surface area contributed by atoms with Crippen molar-refractivity contribution in [1.82, 2.24) is 5.32 Å². The Balaban J connectivity index is 2.09. The number of methoxy groups -OCH3 is 2. The normalized spacial score (nSPS) is 17.2. The van der Waals surface area contributed by atoms with Crippen molar-refractivity contribution in [3.63, 3.8) is 0 Å². The Morgan fingerprint density at radius 3 is 2.57 bits per heavy atom. The number of halogens is 1. The molecule has 110 valence electrons. The summed E-state index contributed by atoms with van der Waals surface area (Å²) in [5.41, 5.74) is 3.67. The summed E-state index contributed by atoms with van der Waals surface area (Å²) in [7, 11) is 3.33. The highest BCUT2D eigenvalue weighted by Crippen LogP contribution is 2.37. The SMILES string of the molecule is COc1cc2c(cc1OC)C(c1cccc(Cl)c1)NCC2. The lowest BCUT2D eigenvalue weighted by atomic mass is 9.89. The number of rotatable bonds is 3. The quantitative estimate of drug-likeness (QED) is 0.940. The van der Waals surface area contributed by atoms with Gasteiger partial charge >= 0.3 is 0 Å². The van der Waals surface area contributed by atoms with Crippen LogP contribution in [0.4, 0.5) is 0 Å². The van der Waals surface area contributed by atoms with Crippen molar-refractivity contribution in [2.75, 3.05) is 20.8 Å². The highest BCUT2D eigenvalue weighted by Gasteiger charge is 2.23. The summed E-state index contributed by atoms with van der Waals surface area (Å²) < 4.78 is 10.8. The fourth-order valence-electron chi connectivity index (χ4n) is 2.87. The van der Waals surface area contributed by atoms with Crippen LogP contribution in [0.1, 0.15) is 22.7 Å². The topological polar surface area (TPSA) is 30.5 Å². The Kier molecular flexibility index (Phi) is 4.04. The van der Waals surface area contributed by atoms with E-state index in [9.17, 15) is 0 Å². The van der Waals surface area contributed by atoms with Crippen LogP contribution in [-0.2, 0) is 6.42 Å². The molecule has 2 aromatic carbocycles. The molecule has 2 aromatic rings. The molecule has 0 saturated carbocycles. The van der Waals surface area contributed by atoms with E-state index in [-0.39, 0.29) is 6.04 Å². The van der Waals surface area contributed by atoms with E-state index in [1.807, 2.05) is 18.2 Å². The molecule has 0 radical (unpaired) electrons. The van der Waals surface area contributed by atoms with Gasteiger partial charge in [-0.2, -0.15) is 0 Å². The highest BCUT2D eigenvalue weighted by atomic mass is 35.5. The van der Waals surface area contributed by atoms with Gasteiger partial charge in [0.1, 0.15) is 0 Å². The van der Waals surface area contributed by atoms with E-state index in [1.165, 1.54) is 11.1 Å². The van der Waals surface area contributed by atoms with Crippen molar-refractivity contribution >= 4 is 11.6 Å². The van der Waals surface area contributed by atoms with E-state index in [1.54, 1.807) is 14.2 Å². The van der Waals surface area contributed by atoms with Gasteiger partial charge in [-0.05, 0) is 47.4 Å². The molecule has 0 spiro atoms. The average Bonchev–Trinajstić information content (AvgIpc) is 2.52. The lowest BCUT2D eigenvalue weighted by Gasteiger charge is -2.28. The van der Waals surface area contributed by atoms with E-state index in [4.69, 9.17) is 21.1 Å². The van der Waals surface area contributed by atoms with Crippen LogP contribution >= 0.6 is 11.6 Å². The third-order valence-corrected chi connectivity index (χ3v) is 4.12. The fraction of sp³-hybridized carbons (Fsp3) is 0.294. The fourth-order valence-corrected chi connectivity index (χ4v) is 3.07. The minimum Gasteiger partial charge on any atom is -0.493 e. The summed E-state index contributed by atoms with van der Waals surface area (Å²) in [6.45, 7) is 0.930. The van der Waals surface area contributed by atoms with Gasteiger partial charge in [-0.15, -0.1) is 0 Å². The van der Waals surface area contributed by atoms with Crippen molar-refractivity contribution < 1.29 is 9.47 Å². The second-order valence-corrected chi connectivity index (χ2v) is 5.53. The molecule has 3 nitrogen and oxygen atoms in total. The van der Waals surface area contributed by atoms with Gasteiger partial charge in [0.2, 0.25) is 0 Å². The number of benzene rings is 2. The maximum absolute atomic E-state index is 6.12. The summed E-state index contributed by atoms with van der Waals surface area (Å²) in [5.74, 6) is 1.54. The first-order valence-corrected chi connectivity index (χ1v) is 7.34. The molecule has 21 heavy (non-hydrogen) atoms. The Bertz CT molecular complexity index is 657. The molecule has 3 rings (SSSR count). The minimum absolute atomic E-state index is 0.132. The molecule has 1 unspecified atom stereocenters.